The van der Waals surface area contributed by atoms with E-state index in [1.165, 1.54) is 7.11 Å². The summed E-state index contributed by atoms with van der Waals surface area (Å²) in [6.45, 7) is 0.0780. The molecule has 1 heterocycles. The van der Waals surface area contributed by atoms with Crippen LogP contribution >= 0.6 is 15.9 Å². The molecule has 3 nitrogen and oxygen atoms in total. The van der Waals surface area contributed by atoms with Gasteiger partial charge in [0.05, 0.1) is 0 Å². The van der Waals surface area contributed by atoms with Gasteiger partial charge in [0, 0.05) is 17.8 Å². The molecular weight excluding hydrogens is 222 g/mol. The first-order valence-corrected chi connectivity index (χ1v) is 4.17. The second-order valence-electron chi connectivity index (χ2n) is 2.22. The molecule has 12 heavy (non-hydrogen) atoms. The van der Waals surface area contributed by atoms with Gasteiger partial charge in [-0.2, -0.15) is 0 Å². The Kier molecular flexibility index (Phi) is 3.37. The van der Waals surface area contributed by atoms with Crippen LogP contribution in [0.2, 0.25) is 0 Å². The highest BCUT2D eigenvalue weighted by molar-refractivity contribution is 9.10. The van der Waals surface area contributed by atoms with E-state index in [4.69, 9.17) is 0 Å². The Morgan fingerprint density at radius 3 is 2.92 bits per heavy atom. The summed E-state index contributed by atoms with van der Waals surface area (Å²) in [5.41, 5.74) is 0.431. The third-order valence-corrected chi connectivity index (χ3v) is 1.76. The minimum atomic E-state index is -0.106. The molecule has 1 aromatic heterocycles. The van der Waals surface area contributed by atoms with Crippen LogP contribution < -0.4 is 0 Å². The van der Waals surface area contributed by atoms with Crippen molar-refractivity contribution in [3.8, 4) is 0 Å². The van der Waals surface area contributed by atoms with E-state index < -0.39 is 0 Å². The van der Waals surface area contributed by atoms with Crippen LogP contribution in [0.5, 0.6) is 0 Å². The molecule has 0 atom stereocenters. The minimum absolute atomic E-state index is 0.0780. The Hall–Kier alpha value is -0.740. The Morgan fingerprint density at radius 1 is 1.67 bits per heavy atom. The highest BCUT2D eigenvalue weighted by atomic mass is 79.9. The van der Waals surface area contributed by atoms with Crippen LogP contribution in [-0.4, -0.2) is 24.5 Å². The quantitative estimate of drug-likeness (QED) is 0.741. The summed E-state index contributed by atoms with van der Waals surface area (Å²) in [6.07, 6.45) is 1.59. The fraction of sp³-hybridized carbons (Fsp3) is 0.250. The van der Waals surface area contributed by atoms with E-state index >= 15 is 0 Å². The number of hydrogen-bond donors (Lipinski definition) is 0. The summed E-state index contributed by atoms with van der Waals surface area (Å²) < 4.78 is 5.54. The minimum Gasteiger partial charge on any atom is -0.376 e. The molecule has 1 rings (SSSR count). The zero-order chi connectivity index (χ0) is 8.97. The molecule has 0 bridgehead atoms. The van der Waals surface area contributed by atoms with Crippen LogP contribution in [0.4, 0.5) is 0 Å². The number of hydrogen-bond acceptors (Lipinski definition) is 3. The lowest BCUT2D eigenvalue weighted by Crippen LogP contribution is -2.08. The van der Waals surface area contributed by atoms with Crippen molar-refractivity contribution in [3.05, 3.63) is 28.5 Å². The fourth-order valence-corrected chi connectivity index (χ4v) is 0.980. The number of pyridine rings is 1. The van der Waals surface area contributed by atoms with E-state index in [2.05, 4.69) is 25.7 Å². The van der Waals surface area contributed by atoms with Gasteiger partial charge in [0.25, 0.3) is 0 Å². The Bertz CT molecular complexity index is 271. The van der Waals surface area contributed by atoms with Gasteiger partial charge in [-0.05, 0) is 28.1 Å². The normalized spacial score (nSPS) is 9.83. The van der Waals surface area contributed by atoms with Crippen molar-refractivity contribution < 1.29 is 9.53 Å². The Labute approximate surface area is 78.9 Å². The van der Waals surface area contributed by atoms with Crippen molar-refractivity contribution in [1.29, 1.82) is 0 Å². The molecule has 0 aromatic carbocycles. The summed E-state index contributed by atoms with van der Waals surface area (Å²) in [6, 6.07) is 3.43. The van der Waals surface area contributed by atoms with Crippen LogP contribution in [0.3, 0.4) is 0 Å². The van der Waals surface area contributed by atoms with E-state index in [1.54, 1.807) is 18.3 Å². The van der Waals surface area contributed by atoms with Crippen LogP contribution in [-0.2, 0) is 4.74 Å². The van der Waals surface area contributed by atoms with Gasteiger partial charge in [-0.3, -0.25) is 9.78 Å². The van der Waals surface area contributed by atoms with Crippen molar-refractivity contribution in [2.75, 3.05) is 13.7 Å². The topological polar surface area (TPSA) is 39.2 Å². The van der Waals surface area contributed by atoms with E-state index in [1.807, 2.05) is 0 Å². The number of rotatable bonds is 3. The molecule has 0 N–H and O–H groups in total. The van der Waals surface area contributed by atoms with Crippen LogP contribution in [0, 0.1) is 0 Å². The molecule has 0 saturated heterocycles. The van der Waals surface area contributed by atoms with Gasteiger partial charge in [-0.15, -0.1) is 0 Å². The van der Waals surface area contributed by atoms with Crippen LogP contribution in [0.25, 0.3) is 0 Å². The molecular formula is C8H8BrNO2. The van der Waals surface area contributed by atoms with Gasteiger partial charge in [0.2, 0.25) is 5.78 Å². The molecule has 0 fully saturated rings. The van der Waals surface area contributed by atoms with Crippen molar-refractivity contribution in [2.45, 2.75) is 0 Å². The second-order valence-corrected chi connectivity index (χ2v) is 3.13. The molecule has 0 saturated carbocycles. The molecule has 0 aliphatic carbocycles. The number of methoxy groups -OCH3 is 1. The number of aromatic nitrogens is 1. The van der Waals surface area contributed by atoms with E-state index in [0.29, 0.717) is 5.69 Å². The fourth-order valence-electron chi connectivity index (χ4n) is 0.746. The molecule has 1 aromatic rings. The lowest BCUT2D eigenvalue weighted by atomic mass is 10.3. The maximum atomic E-state index is 11.2. The first kappa shape index (κ1) is 9.35. The number of nitrogens with zero attached hydrogens (tertiary/aromatic N) is 1. The van der Waals surface area contributed by atoms with Gasteiger partial charge in [-0.1, -0.05) is 0 Å². The number of carbonyl (C=O) groups is 1. The zero-order valence-electron chi connectivity index (χ0n) is 6.58. The predicted molar refractivity (Wildman–Crippen MR) is 48.1 cm³/mol. The summed E-state index contributed by atoms with van der Waals surface area (Å²) in [7, 11) is 1.48. The monoisotopic (exact) mass is 229 g/mol. The average Bonchev–Trinajstić information content (AvgIpc) is 2.06. The van der Waals surface area contributed by atoms with Crippen molar-refractivity contribution in [2.24, 2.45) is 0 Å². The first-order chi connectivity index (χ1) is 5.74. The highest BCUT2D eigenvalue weighted by Crippen LogP contribution is 2.07. The number of carbonyl (C=O) groups excluding carboxylic acids is 1. The Balaban J connectivity index is 2.75. The predicted octanol–water partition coefficient (Wildman–Crippen LogP) is 1.67. The summed E-state index contributed by atoms with van der Waals surface area (Å²) in [5.74, 6) is -0.106. The van der Waals surface area contributed by atoms with E-state index in [0.717, 1.165) is 4.47 Å². The highest BCUT2D eigenvalue weighted by Gasteiger charge is 2.05. The summed E-state index contributed by atoms with van der Waals surface area (Å²) >= 11 is 3.23. The smallest absolute Gasteiger partial charge is 0.206 e. The SMILES string of the molecule is COCC(=O)c1ccc(Br)cn1. The maximum Gasteiger partial charge on any atom is 0.206 e. The lowest BCUT2D eigenvalue weighted by molar-refractivity contribution is 0.0843. The van der Waals surface area contributed by atoms with Gasteiger partial charge in [-0.25, -0.2) is 0 Å². The number of ketones is 1. The van der Waals surface area contributed by atoms with Crippen molar-refractivity contribution >= 4 is 21.7 Å². The average molecular weight is 230 g/mol. The standard InChI is InChI=1S/C8H8BrNO2/c1-12-5-8(11)7-3-2-6(9)4-10-7/h2-4H,5H2,1H3. The summed E-state index contributed by atoms with van der Waals surface area (Å²) in [5, 5.41) is 0. The van der Waals surface area contributed by atoms with E-state index in [-0.39, 0.29) is 12.4 Å². The molecule has 0 radical (unpaired) electrons. The molecule has 4 heteroatoms. The molecule has 0 unspecified atom stereocenters. The summed E-state index contributed by atoms with van der Waals surface area (Å²) in [4.78, 5) is 15.1. The maximum absolute atomic E-state index is 11.2. The third-order valence-electron chi connectivity index (χ3n) is 1.29. The van der Waals surface area contributed by atoms with Crippen LogP contribution in [0.15, 0.2) is 22.8 Å². The van der Waals surface area contributed by atoms with E-state index in [9.17, 15) is 4.79 Å². The number of halogens is 1. The van der Waals surface area contributed by atoms with Gasteiger partial charge < -0.3 is 4.74 Å². The number of Topliss-reactive ketones (excluding diaryl/α,β-unsaturated/α-hetero) is 1. The van der Waals surface area contributed by atoms with Crippen LogP contribution in [0.1, 0.15) is 10.5 Å². The van der Waals surface area contributed by atoms with Crippen molar-refractivity contribution in [1.82, 2.24) is 4.98 Å². The second kappa shape index (κ2) is 4.33. The molecule has 0 aliphatic heterocycles. The van der Waals surface area contributed by atoms with Gasteiger partial charge in [0.15, 0.2) is 0 Å². The lowest BCUT2D eigenvalue weighted by Gasteiger charge is -1.97. The Morgan fingerprint density at radius 2 is 2.42 bits per heavy atom. The molecule has 0 aliphatic rings. The van der Waals surface area contributed by atoms with Gasteiger partial charge in [0.1, 0.15) is 12.3 Å². The molecule has 0 amide bonds. The first-order valence-electron chi connectivity index (χ1n) is 3.37. The van der Waals surface area contributed by atoms with Gasteiger partial charge >= 0.3 is 0 Å². The number of ether oxygens (including phenoxy) is 1. The van der Waals surface area contributed by atoms with Crippen molar-refractivity contribution in [3.63, 3.8) is 0 Å². The zero-order valence-corrected chi connectivity index (χ0v) is 8.17. The third kappa shape index (κ3) is 2.39. The largest absolute Gasteiger partial charge is 0.376 e. The molecule has 64 valence electrons. The molecule has 0 spiro atoms.